The number of methoxy groups -OCH3 is 1. The van der Waals surface area contributed by atoms with Crippen molar-refractivity contribution in [2.24, 2.45) is 0 Å². The minimum atomic E-state index is -0.160. The first-order valence-corrected chi connectivity index (χ1v) is 8.60. The van der Waals surface area contributed by atoms with Gasteiger partial charge < -0.3 is 10.1 Å². The van der Waals surface area contributed by atoms with E-state index in [1.807, 2.05) is 24.3 Å². The highest BCUT2D eigenvalue weighted by atomic mass is 32.1. The number of benzene rings is 2. The van der Waals surface area contributed by atoms with Crippen LogP contribution < -0.4 is 10.1 Å². The van der Waals surface area contributed by atoms with Gasteiger partial charge in [-0.3, -0.25) is 9.59 Å². The van der Waals surface area contributed by atoms with E-state index in [-0.39, 0.29) is 11.7 Å². The molecule has 0 fully saturated rings. The van der Waals surface area contributed by atoms with Gasteiger partial charge in [-0.25, -0.2) is 0 Å². The number of rotatable bonds is 6. The van der Waals surface area contributed by atoms with Crippen LogP contribution in [0.2, 0.25) is 0 Å². The molecule has 25 heavy (non-hydrogen) atoms. The van der Waals surface area contributed by atoms with Crippen molar-refractivity contribution in [1.29, 1.82) is 0 Å². The third-order valence-electron chi connectivity index (χ3n) is 3.70. The van der Waals surface area contributed by atoms with E-state index in [9.17, 15) is 9.59 Å². The molecular weight excluding hydrogens is 334 g/mol. The van der Waals surface area contributed by atoms with Crippen molar-refractivity contribution in [1.82, 2.24) is 5.32 Å². The second-order valence-corrected chi connectivity index (χ2v) is 6.54. The number of thiophene rings is 1. The van der Waals surface area contributed by atoms with Crippen LogP contribution in [-0.2, 0) is 6.54 Å². The molecule has 0 bridgehead atoms. The first kappa shape index (κ1) is 16.9. The summed E-state index contributed by atoms with van der Waals surface area (Å²) in [7, 11) is 1.58. The predicted molar refractivity (Wildman–Crippen MR) is 98.4 cm³/mol. The number of ketones is 1. The highest BCUT2D eigenvalue weighted by Gasteiger charge is 2.12. The molecule has 0 spiro atoms. The molecule has 1 heterocycles. The number of ether oxygens (including phenoxy) is 1. The van der Waals surface area contributed by atoms with Crippen molar-refractivity contribution < 1.29 is 14.3 Å². The Kier molecular flexibility index (Phi) is 5.26. The van der Waals surface area contributed by atoms with Crippen LogP contribution in [0.4, 0.5) is 0 Å². The fourth-order valence-electron chi connectivity index (χ4n) is 2.34. The SMILES string of the molecule is COc1ccc(C(=O)NCc2ccc(C(=O)c3ccccc3)s2)cc1. The molecule has 0 saturated carbocycles. The van der Waals surface area contributed by atoms with Crippen molar-refractivity contribution in [2.45, 2.75) is 6.54 Å². The third-order valence-corrected chi connectivity index (χ3v) is 4.78. The standard InChI is InChI=1S/C20H17NO3S/c1-24-16-9-7-15(8-10-16)20(23)21-13-17-11-12-18(25-17)19(22)14-5-3-2-4-6-14/h2-12H,13H2,1H3,(H,21,23). The molecule has 0 aliphatic rings. The fraction of sp³-hybridized carbons (Fsp3) is 0.100. The molecule has 1 amide bonds. The molecular formula is C20H17NO3S. The van der Waals surface area contributed by atoms with E-state index >= 15 is 0 Å². The number of hydrogen-bond donors (Lipinski definition) is 1. The topological polar surface area (TPSA) is 55.4 Å². The summed E-state index contributed by atoms with van der Waals surface area (Å²) in [5.74, 6) is 0.546. The Labute approximate surface area is 150 Å². The number of carbonyl (C=O) groups is 2. The van der Waals surface area contributed by atoms with Crippen molar-refractivity contribution in [3.63, 3.8) is 0 Å². The predicted octanol–water partition coefficient (Wildman–Crippen LogP) is 3.92. The minimum absolute atomic E-state index is 0.00155. The van der Waals surface area contributed by atoms with Gasteiger partial charge in [0.1, 0.15) is 5.75 Å². The second-order valence-electron chi connectivity index (χ2n) is 5.37. The van der Waals surface area contributed by atoms with Gasteiger partial charge in [0.25, 0.3) is 5.91 Å². The van der Waals surface area contributed by atoms with Crippen molar-refractivity contribution in [2.75, 3.05) is 7.11 Å². The summed E-state index contributed by atoms with van der Waals surface area (Å²) in [4.78, 5) is 26.2. The van der Waals surface area contributed by atoms with E-state index < -0.39 is 0 Å². The number of nitrogens with one attached hydrogen (secondary N) is 1. The van der Waals surface area contributed by atoms with Gasteiger partial charge in [0, 0.05) is 16.0 Å². The Bertz CT molecular complexity index is 869. The van der Waals surface area contributed by atoms with E-state index in [4.69, 9.17) is 4.74 Å². The highest BCUT2D eigenvalue weighted by molar-refractivity contribution is 7.14. The Morgan fingerprint density at radius 1 is 0.920 bits per heavy atom. The summed E-state index contributed by atoms with van der Waals surface area (Å²) >= 11 is 1.39. The molecule has 5 heteroatoms. The van der Waals surface area contributed by atoms with Gasteiger partial charge in [-0.2, -0.15) is 0 Å². The molecule has 0 unspecified atom stereocenters. The van der Waals surface area contributed by atoms with Crippen LogP contribution in [0.15, 0.2) is 66.7 Å². The lowest BCUT2D eigenvalue weighted by Gasteiger charge is -2.05. The smallest absolute Gasteiger partial charge is 0.251 e. The van der Waals surface area contributed by atoms with Gasteiger partial charge in [0.2, 0.25) is 5.78 Å². The van der Waals surface area contributed by atoms with E-state index in [1.54, 1.807) is 49.6 Å². The monoisotopic (exact) mass is 351 g/mol. The summed E-state index contributed by atoms with van der Waals surface area (Å²) < 4.78 is 5.08. The Balaban J connectivity index is 1.61. The maximum absolute atomic E-state index is 12.4. The molecule has 1 N–H and O–H groups in total. The van der Waals surface area contributed by atoms with Gasteiger partial charge >= 0.3 is 0 Å². The summed E-state index contributed by atoms with van der Waals surface area (Å²) in [5.41, 5.74) is 1.23. The molecule has 1 aromatic heterocycles. The van der Waals surface area contributed by atoms with Crippen LogP contribution >= 0.6 is 11.3 Å². The number of amides is 1. The average molecular weight is 351 g/mol. The fourth-order valence-corrected chi connectivity index (χ4v) is 3.25. The largest absolute Gasteiger partial charge is 0.497 e. The average Bonchev–Trinajstić information content (AvgIpc) is 3.15. The Morgan fingerprint density at radius 2 is 1.64 bits per heavy atom. The molecule has 0 aliphatic carbocycles. The first-order valence-electron chi connectivity index (χ1n) is 7.78. The first-order chi connectivity index (χ1) is 12.2. The molecule has 0 saturated heterocycles. The van der Waals surface area contributed by atoms with Crippen molar-refractivity contribution in [3.8, 4) is 5.75 Å². The number of carbonyl (C=O) groups excluding carboxylic acids is 2. The lowest BCUT2D eigenvalue weighted by Crippen LogP contribution is -2.22. The van der Waals surface area contributed by atoms with Crippen LogP contribution in [0, 0.1) is 0 Å². The van der Waals surface area contributed by atoms with Crippen LogP contribution in [0.3, 0.4) is 0 Å². The molecule has 126 valence electrons. The van der Waals surface area contributed by atoms with Gasteiger partial charge in [-0.15, -0.1) is 11.3 Å². The zero-order valence-corrected chi connectivity index (χ0v) is 14.5. The maximum Gasteiger partial charge on any atom is 0.251 e. The summed E-state index contributed by atoms with van der Waals surface area (Å²) in [6, 6.07) is 19.8. The molecule has 2 aromatic carbocycles. The zero-order valence-electron chi connectivity index (χ0n) is 13.7. The lowest BCUT2D eigenvalue weighted by atomic mass is 10.1. The van der Waals surface area contributed by atoms with Gasteiger partial charge in [-0.05, 0) is 36.4 Å². The van der Waals surface area contributed by atoms with E-state index in [2.05, 4.69) is 5.32 Å². The zero-order chi connectivity index (χ0) is 17.6. The van der Waals surface area contributed by atoms with Gasteiger partial charge in [0.15, 0.2) is 0 Å². The molecule has 3 rings (SSSR count). The Hall–Kier alpha value is -2.92. The molecule has 4 nitrogen and oxygen atoms in total. The number of hydrogen-bond acceptors (Lipinski definition) is 4. The quantitative estimate of drug-likeness (QED) is 0.685. The van der Waals surface area contributed by atoms with Crippen LogP contribution in [0.5, 0.6) is 5.75 Å². The van der Waals surface area contributed by atoms with Crippen molar-refractivity contribution in [3.05, 3.63) is 87.6 Å². The van der Waals surface area contributed by atoms with Crippen LogP contribution in [0.25, 0.3) is 0 Å². The maximum atomic E-state index is 12.4. The summed E-state index contributed by atoms with van der Waals surface area (Å²) in [5, 5.41) is 2.86. The van der Waals surface area contributed by atoms with E-state index in [0.717, 1.165) is 4.88 Å². The van der Waals surface area contributed by atoms with Crippen molar-refractivity contribution >= 4 is 23.0 Å². The summed E-state index contributed by atoms with van der Waals surface area (Å²) in [6.07, 6.45) is 0. The minimum Gasteiger partial charge on any atom is -0.497 e. The highest BCUT2D eigenvalue weighted by Crippen LogP contribution is 2.20. The molecule has 0 atom stereocenters. The van der Waals surface area contributed by atoms with Gasteiger partial charge in [0.05, 0.1) is 18.5 Å². The lowest BCUT2D eigenvalue weighted by molar-refractivity contribution is 0.0950. The van der Waals surface area contributed by atoms with E-state index in [1.165, 1.54) is 11.3 Å². The molecule has 0 aliphatic heterocycles. The molecule has 3 aromatic rings. The molecule has 0 radical (unpaired) electrons. The van der Waals surface area contributed by atoms with Crippen LogP contribution in [0.1, 0.15) is 30.5 Å². The Morgan fingerprint density at radius 3 is 2.32 bits per heavy atom. The normalized spacial score (nSPS) is 10.3. The third kappa shape index (κ3) is 4.14. The summed E-state index contributed by atoms with van der Waals surface area (Å²) in [6.45, 7) is 0.387. The van der Waals surface area contributed by atoms with E-state index in [0.29, 0.717) is 28.3 Å². The second kappa shape index (κ2) is 7.77. The van der Waals surface area contributed by atoms with Gasteiger partial charge in [-0.1, -0.05) is 30.3 Å². The van der Waals surface area contributed by atoms with Crippen LogP contribution in [-0.4, -0.2) is 18.8 Å².